The van der Waals surface area contributed by atoms with Crippen LogP contribution in [0, 0.1) is 0 Å². The molecule has 110 valence electrons. The minimum absolute atomic E-state index is 0.112. The number of aromatic hydroxyl groups is 1. The van der Waals surface area contributed by atoms with Gasteiger partial charge in [0.05, 0.1) is 5.56 Å². The maximum absolute atomic E-state index is 12.0. The molecule has 1 aliphatic rings. The van der Waals surface area contributed by atoms with Crippen molar-refractivity contribution < 1.29 is 14.6 Å². The Bertz CT molecular complexity index is 724. The summed E-state index contributed by atoms with van der Waals surface area (Å²) >= 11 is 0. The van der Waals surface area contributed by atoms with Crippen LogP contribution in [0.1, 0.15) is 37.3 Å². The number of hydrogen-bond donors (Lipinski definition) is 2. The highest BCUT2D eigenvalue weighted by atomic mass is 16.6. The maximum Gasteiger partial charge on any atom is 0.258 e. The third-order valence-corrected chi connectivity index (χ3v) is 3.34. The van der Waals surface area contributed by atoms with E-state index in [1.54, 1.807) is 12.1 Å². The van der Waals surface area contributed by atoms with Crippen molar-refractivity contribution in [1.29, 1.82) is 0 Å². The highest BCUT2D eigenvalue weighted by Gasteiger charge is 2.26. The van der Waals surface area contributed by atoms with Crippen molar-refractivity contribution in [1.82, 2.24) is 9.97 Å². The Morgan fingerprint density at radius 1 is 1.33 bits per heavy atom. The second kappa shape index (κ2) is 5.12. The van der Waals surface area contributed by atoms with Crippen LogP contribution in [0.5, 0.6) is 17.4 Å². The van der Waals surface area contributed by atoms with Crippen LogP contribution in [0.2, 0.25) is 0 Å². The molecule has 0 fully saturated rings. The molecule has 3 rings (SSSR count). The fraction of sp³-hybridized carbons (Fsp3) is 0.333. The summed E-state index contributed by atoms with van der Waals surface area (Å²) in [5.41, 5.74) is -0.0779. The molecule has 0 spiro atoms. The second-order valence-electron chi connectivity index (χ2n) is 5.21. The normalized spacial score (nSPS) is 17.0. The molecule has 2 heterocycles. The molecule has 1 unspecified atom stereocenters. The van der Waals surface area contributed by atoms with E-state index in [9.17, 15) is 9.90 Å². The molecule has 1 aromatic heterocycles. The molecule has 0 radical (unpaired) electrons. The largest absolute Gasteiger partial charge is 0.493 e. The number of rotatable bonds is 2. The first-order chi connectivity index (χ1) is 10.1. The predicted octanol–water partition coefficient (Wildman–Crippen LogP) is 2.11. The second-order valence-corrected chi connectivity index (χ2v) is 5.21. The van der Waals surface area contributed by atoms with Crippen molar-refractivity contribution >= 4 is 0 Å². The molecular weight excluding hydrogens is 272 g/mol. The lowest BCUT2D eigenvalue weighted by Crippen LogP contribution is -2.27. The molecule has 2 aromatic rings. The summed E-state index contributed by atoms with van der Waals surface area (Å²) in [6, 6.07) is 7.27. The van der Waals surface area contributed by atoms with Gasteiger partial charge in [-0.3, -0.25) is 4.79 Å². The Labute approximate surface area is 121 Å². The van der Waals surface area contributed by atoms with E-state index in [4.69, 9.17) is 9.47 Å². The minimum atomic E-state index is -0.556. The van der Waals surface area contributed by atoms with E-state index in [0.29, 0.717) is 11.5 Å². The van der Waals surface area contributed by atoms with Crippen LogP contribution < -0.4 is 15.0 Å². The maximum atomic E-state index is 12.0. The van der Waals surface area contributed by atoms with Crippen molar-refractivity contribution in [2.75, 3.05) is 6.61 Å². The number of aromatic amines is 1. The summed E-state index contributed by atoms with van der Waals surface area (Å²) in [5.74, 6) is 1.13. The lowest BCUT2D eigenvalue weighted by Gasteiger charge is -2.25. The molecule has 6 heteroatoms. The molecule has 0 saturated heterocycles. The van der Waals surface area contributed by atoms with Crippen molar-refractivity contribution in [2.45, 2.75) is 25.9 Å². The van der Waals surface area contributed by atoms with E-state index < -0.39 is 6.10 Å². The van der Waals surface area contributed by atoms with Crippen molar-refractivity contribution in [2.24, 2.45) is 0 Å². The van der Waals surface area contributed by atoms with Gasteiger partial charge in [0.2, 0.25) is 5.88 Å². The van der Waals surface area contributed by atoms with Gasteiger partial charge in [0, 0.05) is 0 Å². The van der Waals surface area contributed by atoms with Gasteiger partial charge in [0.15, 0.2) is 23.4 Å². The van der Waals surface area contributed by atoms with Gasteiger partial charge >= 0.3 is 0 Å². The van der Waals surface area contributed by atoms with Gasteiger partial charge < -0.3 is 19.6 Å². The number of aromatic nitrogens is 2. The summed E-state index contributed by atoms with van der Waals surface area (Å²) in [5, 5.41) is 9.94. The van der Waals surface area contributed by atoms with Gasteiger partial charge in [-0.15, -0.1) is 0 Å². The SMILES string of the molecule is CC(C)c1c(O)nc(C2COc3ccccc3O2)[nH]c1=O. The third-order valence-electron chi connectivity index (χ3n) is 3.34. The number of ether oxygens (including phenoxy) is 2. The Morgan fingerprint density at radius 2 is 2.05 bits per heavy atom. The molecule has 2 N–H and O–H groups in total. The average Bonchev–Trinajstić information content (AvgIpc) is 2.45. The first-order valence-electron chi connectivity index (χ1n) is 6.78. The average molecular weight is 288 g/mol. The number of nitrogens with zero attached hydrogens (tertiary/aromatic N) is 1. The third kappa shape index (κ3) is 2.44. The van der Waals surface area contributed by atoms with Crippen LogP contribution in [0.4, 0.5) is 0 Å². The van der Waals surface area contributed by atoms with E-state index >= 15 is 0 Å². The minimum Gasteiger partial charge on any atom is -0.493 e. The molecule has 0 saturated carbocycles. The monoisotopic (exact) mass is 288 g/mol. The summed E-state index contributed by atoms with van der Waals surface area (Å²) in [6.07, 6.45) is -0.556. The Balaban J connectivity index is 1.94. The molecule has 1 atom stereocenters. The number of hydrogen-bond acceptors (Lipinski definition) is 5. The van der Waals surface area contributed by atoms with Crippen LogP contribution >= 0.6 is 0 Å². The molecule has 1 aliphatic heterocycles. The van der Waals surface area contributed by atoms with Crippen molar-refractivity contribution in [3.05, 3.63) is 46.0 Å². The number of benzene rings is 1. The van der Waals surface area contributed by atoms with Crippen molar-refractivity contribution in [3.63, 3.8) is 0 Å². The molecule has 1 aromatic carbocycles. The zero-order chi connectivity index (χ0) is 15.0. The quantitative estimate of drug-likeness (QED) is 0.884. The van der Waals surface area contributed by atoms with E-state index in [0.717, 1.165) is 0 Å². The molecule has 21 heavy (non-hydrogen) atoms. The smallest absolute Gasteiger partial charge is 0.258 e. The standard InChI is InChI=1S/C15H16N2O4/c1-8(2)12-14(18)16-13(17-15(12)19)11-7-20-9-5-3-4-6-10(9)21-11/h3-6,8,11H,7H2,1-2H3,(H2,16,17,18,19). The van der Waals surface area contributed by atoms with Crippen LogP contribution in [0.15, 0.2) is 29.1 Å². The highest BCUT2D eigenvalue weighted by Crippen LogP contribution is 2.35. The fourth-order valence-electron chi connectivity index (χ4n) is 2.31. The lowest BCUT2D eigenvalue weighted by atomic mass is 10.1. The van der Waals surface area contributed by atoms with Gasteiger partial charge in [-0.1, -0.05) is 26.0 Å². The molecule has 0 amide bonds. The number of fused-ring (bicyclic) bond motifs is 1. The Hall–Kier alpha value is -2.50. The van der Waals surface area contributed by atoms with Crippen LogP contribution in [-0.2, 0) is 0 Å². The van der Waals surface area contributed by atoms with Gasteiger partial charge in [-0.2, -0.15) is 4.98 Å². The number of H-pyrrole nitrogens is 1. The number of nitrogens with one attached hydrogen (secondary N) is 1. The summed E-state index contributed by atoms with van der Waals surface area (Å²) in [6.45, 7) is 3.87. The summed E-state index contributed by atoms with van der Waals surface area (Å²) in [7, 11) is 0. The van der Waals surface area contributed by atoms with Gasteiger partial charge in [-0.25, -0.2) is 0 Å². The van der Waals surface area contributed by atoms with Crippen molar-refractivity contribution in [3.8, 4) is 17.4 Å². The van der Waals surface area contributed by atoms with E-state index in [1.165, 1.54) is 0 Å². The van der Waals surface area contributed by atoms with E-state index in [1.807, 2.05) is 26.0 Å². The zero-order valence-corrected chi connectivity index (χ0v) is 11.8. The lowest BCUT2D eigenvalue weighted by molar-refractivity contribution is 0.0843. The predicted molar refractivity (Wildman–Crippen MR) is 75.9 cm³/mol. The van der Waals surface area contributed by atoms with E-state index in [2.05, 4.69) is 9.97 Å². The molecule has 6 nitrogen and oxygen atoms in total. The first kappa shape index (κ1) is 13.5. The Morgan fingerprint density at radius 3 is 2.71 bits per heavy atom. The van der Waals surface area contributed by atoms with Crippen LogP contribution in [0.3, 0.4) is 0 Å². The van der Waals surface area contributed by atoms with Gasteiger partial charge in [-0.05, 0) is 18.1 Å². The first-order valence-corrected chi connectivity index (χ1v) is 6.78. The van der Waals surface area contributed by atoms with Gasteiger partial charge in [0.25, 0.3) is 5.56 Å². The topological polar surface area (TPSA) is 84.4 Å². The van der Waals surface area contributed by atoms with E-state index in [-0.39, 0.29) is 35.4 Å². The van der Waals surface area contributed by atoms with Crippen LogP contribution in [0.25, 0.3) is 0 Å². The fourth-order valence-corrected chi connectivity index (χ4v) is 2.31. The molecular formula is C15H16N2O4. The Kier molecular flexibility index (Phi) is 3.29. The molecule has 0 aliphatic carbocycles. The zero-order valence-electron chi connectivity index (χ0n) is 11.8. The highest BCUT2D eigenvalue weighted by molar-refractivity contribution is 5.41. The summed E-state index contributed by atoms with van der Waals surface area (Å²) < 4.78 is 11.3. The number of para-hydroxylation sites is 2. The molecule has 0 bridgehead atoms. The van der Waals surface area contributed by atoms with Crippen LogP contribution in [-0.4, -0.2) is 21.7 Å². The van der Waals surface area contributed by atoms with Gasteiger partial charge in [0.1, 0.15) is 6.61 Å². The summed E-state index contributed by atoms with van der Waals surface area (Å²) in [4.78, 5) is 18.8.